The van der Waals surface area contributed by atoms with Gasteiger partial charge in [-0.2, -0.15) is 0 Å². The summed E-state index contributed by atoms with van der Waals surface area (Å²) in [5.41, 5.74) is 0. The highest BCUT2D eigenvalue weighted by Crippen LogP contribution is 1.75. The molecule has 0 rings (SSSR count). The van der Waals surface area contributed by atoms with Crippen molar-refractivity contribution in [2.45, 2.75) is 0 Å². The highest BCUT2D eigenvalue weighted by atomic mass is 31.1. The molecular formula is H12N3O9P3. The summed E-state index contributed by atoms with van der Waals surface area (Å²) in [4.78, 5) is 25.4. The van der Waals surface area contributed by atoms with Crippen molar-refractivity contribution < 1.29 is 42.1 Å². The van der Waals surface area contributed by atoms with E-state index in [4.69, 9.17) is 42.1 Å². The van der Waals surface area contributed by atoms with E-state index in [2.05, 4.69) is 0 Å². The van der Waals surface area contributed by atoms with Crippen molar-refractivity contribution in [1.29, 1.82) is 0 Å². The van der Waals surface area contributed by atoms with Gasteiger partial charge in [0.05, 0.1) is 0 Å². The fourth-order valence-electron chi connectivity index (χ4n) is 0. The van der Waals surface area contributed by atoms with Gasteiger partial charge in [0.25, 0.3) is 0 Å². The summed E-state index contributed by atoms with van der Waals surface area (Å²) in [6.45, 7) is 0. The molecule has 0 aliphatic carbocycles. The maximum atomic E-state index is 8.48. The van der Waals surface area contributed by atoms with Gasteiger partial charge in [0, 0.05) is 0 Å². The number of hydrogen-bond donors (Lipinski definition) is 3. The van der Waals surface area contributed by atoms with E-state index in [-0.39, 0.29) is 18.5 Å². The molecule has 0 radical (unpaired) electrons. The molecule has 12 N–H and O–H groups in total. The van der Waals surface area contributed by atoms with Gasteiger partial charge in [0.2, 0.25) is 23.7 Å². The molecule has 0 aromatic carbocycles. The van der Waals surface area contributed by atoms with Crippen molar-refractivity contribution >= 4 is 23.7 Å². The Morgan fingerprint density at radius 2 is 0.467 bits per heavy atom. The molecule has 0 bridgehead atoms. The summed E-state index contributed by atoms with van der Waals surface area (Å²) < 4.78 is 50.9. The summed E-state index contributed by atoms with van der Waals surface area (Å²) >= 11 is 0. The van der Waals surface area contributed by atoms with E-state index >= 15 is 0 Å². The van der Waals surface area contributed by atoms with Crippen LogP contribution in [0, 0.1) is 0 Å². The van der Waals surface area contributed by atoms with Crippen molar-refractivity contribution in [3.63, 3.8) is 0 Å². The van der Waals surface area contributed by atoms with Crippen LogP contribution in [0.1, 0.15) is 0 Å². The second-order valence-electron chi connectivity index (χ2n) is 0.671. The zero-order valence-corrected chi connectivity index (χ0v) is 10.7. The molecule has 0 aromatic heterocycles. The summed E-state index contributed by atoms with van der Waals surface area (Å²) in [6.07, 6.45) is 0. The summed E-state index contributed by atoms with van der Waals surface area (Å²) in [6, 6.07) is 0. The van der Waals surface area contributed by atoms with Crippen LogP contribution < -0.4 is 33.1 Å². The van der Waals surface area contributed by atoms with Crippen LogP contribution in [0.5, 0.6) is 0 Å². The minimum Gasteiger partial charge on any atom is -0.744 e. The molecule has 0 aromatic rings. The molecule has 0 aliphatic rings. The van der Waals surface area contributed by atoms with Crippen molar-refractivity contribution in [3.8, 4) is 0 Å². The van der Waals surface area contributed by atoms with Crippen LogP contribution in [0.4, 0.5) is 0 Å². The van der Waals surface area contributed by atoms with Crippen molar-refractivity contribution in [3.05, 3.63) is 0 Å². The van der Waals surface area contributed by atoms with Gasteiger partial charge in [-0.3, -0.25) is 27.4 Å². The van der Waals surface area contributed by atoms with Gasteiger partial charge in [-0.05, 0) is 0 Å². The molecule has 0 amide bonds. The average Bonchev–Trinajstić information content (AvgIpc) is 1.54. The Hall–Kier alpha value is -0.540. The molecule has 0 aliphatic heterocycles. The molecule has 0 atom stereocenters. The maximum Gasteiger partial charge on any atom is 0.250 e. The summed E-state index contributed by atoms with van der Waals surface area (Å²) in [7, 11) is -10.1. The first-order valence-electron chi connectivity index (χ1n) is 1.64. The lowest BCUT2D eigenvalue weighted by molar-refractivity contribution is -0.170. The first-order valence-corrected chi connectivity index (χ1v) is 4.93. The van der Waals surface area contributed by atoms with Crippen molar-refractivity contribution in [2.24, 2.45) is 0 Å². The molecule has 0 saturated carbocycles. The van der Waals surface area contributed by atoms with E-state index in [1.807, 2.05) is 0 Å². The lowest BCUT2D eigenvalue weighted by Crippen LogP contribution is -1.71. The SMILES string of the molecule is O=P(=O)[O-].O=P(=O)[O-].O=P(=O)[O-].[NH4+].[NH4+].[NH4+]. The standard InChI is InChI=1S/3H3N.3HO3P/c;;;3*1-4(2)3/h3*1H3;3*(H,1,2,3). The largest absolute Gasteiger partial charge is 0.744 e. The van der Waals surface area contributed by atoms with Crippen LogP contribution in [0.2, 0.25) is 0 Å². The number of rotatable bonds is 0. The third-order valence-electron chi connectivity index (χ3n) is 0. The summed E-state index contributed by atoms with van der Waals surface area (Å²) in [5, 5.41) is 0. The molecule has 96 valence electrons. The zero-order valence-electron chi connectivity index (χ0n) is 8.02. The Kier molecular flexibility index (Phi) is 71.2. The van der Waals surface area contributed by atoms with Crippen LogP contribution in [-0.2, 0) is 27.4 Å². The molecular weight excluding hydrogens is 279 g/mol. The van der Waals surface area contributed by atoms with Gasteiger partial charge in [0.1, 0.15) is 0 Å². The van der Waals surface area contributed by atoms with Crippen LogP contribution in [0.3, 0.4) is 0 Å². The summed E-state index contributed by atoms with van der Waals surface area (Å²) in [5.74, 6) is 0. The topological polar surface area (TPSA) is 281 Å². The van der Waals surface area contributed by atoms with Crippen molar-refractivity contribution in [2.75, 3.05) is 0 Å². The molecule has 0 unspecified atom stereocenters. The molecule has 0 heterocycles. The highest BCUT2D eigenvalue weighted by Gasteiger charge is 1.36. The highest BCUT2D eigenvalue weighted by molar-refractivity contribution is 7.22. The minimum absolute atomic E-state index is 0. The second-order valence-corrected chi connectivity index (χ2v) is 2.01. The van der Waals surface area contributed by atoms with Gasteiger partial charge in [-0.15, -0.1) is 0 Å². The number of quaternary nitrogens is 3. The van der Waals surface area contributed by atoms with Crippen LogP contribution in [-0.4, -0.2) is 0 Å². The predicted octanol–water partition coefficient (Wildman–Crippen LogP) is -0.568. The molecule has 15 heteroatoms. The van der Waals surface area contributed by atoms with E-state index in [9.17, 15) is 0 Å². The average molecular weight is 291 g/mol. The van der Waals surface area contributed by atoms with E-state index in [0.717, 1.165) is 0 Å². The van der Waals surface area contributed by atoms with E-state index in [1.54, 1.807) is 0 Å². The van der Waals surface area contributed by atoms with Crippen molar-refractivity contribution in [1.82, 2.24) is 18.5 Å². The maximum absolute atomic E-state index is 8.48. The molecule has 0 spiro atoms. The fourth-order valence-corrected chi connectivity index (χ4v) is 0. The molecule has 0 saturated heterocycles. The van der Waals surface area contributed by atoms with Gasteiger partial charge < -0.3 is 33.1 Å². The third-order valence-corrected chi connectivity index (χ3v) is 0. The Morgan fingerprint density at radius 3 is 0.467 bits per heavy atom. The fraction of sp³-hybridized carbons (Fsp3) is 0. The van der Waals surface area contributed by atoms with Crippen LogP contribution in [0.25, 0.3) is 0 Å². The Balaban J connectivity index is -0.0000000184. The lowest BCUT2D eigenvalue weighted by Gasteiger charge is -1.62. The van der Waals surface area contributed by atoms with E-state index in [0.29, 0.717) is 0 Å². The third kappa shape index (κ3) is 6060. The smallest absolute Gasteiger partial charge is 0.250 e. The van der Waals surface area contributed by atoms with Crippen LogP contribution in [0.15, 0.2) is 0 Å². The Labute approximate surface area is 85.2 Å². The van der Waals surface area contributed by atoms with E-state index < -0.39 is 23.7 Å². The first-order chi connectivity index (χ1) is 5.20. The van der Waals surface area contributed by atoms with E-state index in [1.165, 1.54) is 0 Å². The predicted molar refractivity (Wildman–Crippen MR) is 42.8 cm³/mol. The van der Waals surface area contributed by atoms with Gasteiger partial charge >= 0.3 is 0 Å². The monoisotopic (exact) mass is 291 g/mol. The van der Waals surface area contributed by atoms with Gasteiger partial charge in [0.15, 0.2) is 0 Å². The molecule has 0 fully saturated rings. The quantitative estimate of drug-likeness (QED) is 0.480. The van der Waals surface area contributed by atoms with Gasteiger partial charge in [-0.1, -0.05) is 0 Å². The molecule has 12 nitrogen and oxygen atoms in total. The first kappa shape index (κ1) is 36.6. The molecule has 15 heavy (non-hydrogen) atoms. The second kappa shape index (κ2) is 29.2. The number of hydrogen-bond acceptors (Lipinski definition) is 9. The van der Waals surface area contributed by atoms with Gasteiger partial charge in [-0.25, -0.2) is 0 Å². The normalized spacial score (nSPS) is 5.00. The van der Waals surface area contributed by atoms with Crippen LogP contribution >= 0.6 is 23.7 Å². The zero-order chi connectivity index (χ0) is 10.7. The minimum atomic E-state index is -3.37. The Morgan fingerprint density at radius 1 is 0.467 bits per heavy atom. The Bertz CT molecular complexity index is 213. The lowest BCUT2D eigenvalue weighted by atomic mass is 14.0.